The summed E-state index contributed by atoms with van der Waals surface area (Å²) in [5.74, 6) is -2.24. The van der Waals surface area contributed by atoms with E-state index in [0.717, 1.165) is 5.39 Å². The van der Waals surface area contributed by atoms with Crippen molar-refractivity contribution in [1.82, 2.24) is 0 Å². The maximum atomic E-state index is 14.0. The van der Waals surface area contributed by atoms with Crippen LogP contribution in [-0.2, 0) is 6.18 Å². The SMILES string of the molecule is Oc1c(Oc2c(F)cc(C(F)(F)F)cc2Cl)ccc2ccccc12. The molecular weight excluding hydrogens is 348 g/mol. The quantitative estimate of drug-likeness (QED) is 0.558. The second-order valence-electron chi connectivity index (χ2n) is 5.00. The van der Waals surface area contributed by atoms with Crippen LogP contribution in [0.25, 0.3) is 10.8 Å². The number of benzene rings is 3. The summed E-state index contributed by atoms with van der Waals surface area (Å²) in [7, 11) is 0. The summed E-state index contributed by atoms with van der Waals surface area (Å²) in [4.78, 5) is 0. The van der Waals surface area contributed by atoms with E-state index in [1.165, 1.54) is 6.07 Å². The van der Waals surface area contributed by atoms with Crippen LogP contribution in [0.1, 0.15) is 5.56 Å². The molecule has 24 heavy (non-hydrogen) atoms. The van der Waals surface area contributed by atoms with Gasteiger partial charge in [-0.1, -0.05) is 41.9 Å². The molecule has 0 aliphatic carbocycles. The number of fused-ring (bicyclic) bond motifs is 1. The predicted molar refractivity (Wildman–Crippen MR) is 82.1 cm³/mol. The lowest BCUT2D eigenvalue weighted by atomic mass is 10.1. The average molecular weight is 357 g/mol. The van der Waals surface area contributed by atoms with E-state index in [1.54, 1.807) is 30.3 Å². The maximum absolute atomic E-state index is 14.0. The van der Waals surface area contributed by atoms with Crippen molar-refractivity contribution < 1.29 is 27.4 Å². The van der Waals surface area contributed by atoms with Crippen molar-refractivity contribution in [3.8, 4) is 17.2 Å². The molecule has 3 aromatic rings. The summed E-state index contributed by atoms with van der Waals surface area (Å²) in [6, 6.07) is 10.7. The monoisotopic (exact) mass is 356 g/mol. The Hall–Kier alpha value is -2.47. The van der Waals surface area contributed by atoms with Gasteiger partial charge in [0.25, 0.3) is 0 Å². The van der Waals surface area contributed by atoms with Gasteiger partial charge >= 0.3 is 6.18 Å². The van der Waals surface area contributed by atoms with Gasteiger partial charge in [-0.05, 0) is 23.6 Å². The maximum Gasteiger partial charge on any atom is 0.416 e. The Morgan fingerprint density at radius 3 is 2.38 bits per heavy atom. The van der Waals surface area contributed by atoms with Crippen LogP contribution in [0.15, 0.2) is 48.5 Å². The fraction of sp³-hybridized carbons (Fsp3) is 0.0588. The smallest absolute Gasteiger partial charge is 0.416 e. The number of alkyl halides is 3. The van der Waals surface area contributed by atoms with Gasteiger partial charge in [-0.2, -0.15) is 13.2 Å². The predicted octanol–water partition coefficient (Wildman–Crippen LogP) is 6.15. The normalized spacial score (nSPS) is 11.7. The molecule has 2 nitrogen and oxygen atoms in total. The highest BCUT2D eigenvalue weighted by Gasteiger charge is 2.32. The lowest BCUT2D eigenvalue weighted by Crippen LogP contribution is -2.06. The number of ether oxygens (including phenoxy) is 1. The molecule has 3 aromatic carbocycles. The van der Waals surface area contributed by atoms with Crippen LogP contribution in [0.3, 0.4) is 0 Å². The minimum Gasteiger partial charge on any atom is -0.504 e. The molecule has 0 aromatic heterocycles. The van der Waals surface area contributed by atoms with Gasteiger partial charge in [0.2, 0.25) is 0 Å². The molecule has 3 rings (SSSR count). The standard InChI is InChI=1S/C17H9ClF4O2/c18-12-7-10(17(20,21)22)8-13(19)16(12)24-14-6-5-9-3-1-2-4-11(9)15(14)23/h1-8,23H. The van der Waals surface area contributed by atoms with E-state index in [4.69, 9.17) is 16.3 Å². The molecule has 7 heteroatoms. The summed E-state index contributed by atoms with van der Waals surface area (Å²) in [6.07, 6.45) is -4.73. The first-order valence-electron chi connectivity index (χ1n) is 6.72. The van der Waals surface area contributed by atoms with E-state index < -0.39 is 28.3 Å². The molecule has 0 heterocycles. The van der Waals surface area contributed by atoms with Gasteiger partial charge in [-0.15, -0.1) is 0 Å². The van der Waals surface area contributed by atoms with Crippen LogP contribution >= 0.6 is 11.6 Å². The first kappa shape index (κ1) is 16.4. The molecule has 0 amide bonds. The first-order valence-corrected chi connectivity index (χ1v) is 7.10. The Morgan fingerprint density at radius 2 is 1.71 bits per heavy atom. The number of phenolic OH excluding ortho intramolecular Hbond substituents is 1. The van der Waals surface area contributed by atoms with Crippen molar-refractivity contribution in [2.45, 2.75) is 6.18 Å². The van der Waals surface area contributed by atoms with E-state index in [0.29, 0.717) is 17.5 Å². The average Bonchev–Trinajstić information content (AvgIpc) is 2.52. The van der Waals surface area contributed by atoms with E-state index in [-0.39, 0.29) is 11.5 Å². The summed E-state index contributed by atoms with van der Waals surface area (Å²) < 4.78 is 57.1. The minimum absolute atomic E-state index is 0.116. The van der Waals surface area contributed by atoms with Crippen molar-refractivity contribution in [2.75, 3.05) is 0 Å². The molecule has 0 radical (unpaired) electrons. The van der Waals surface area contributed by atoms with Crippen LogP contribution in [0.5, 0.6) is 17.2 Å². The topological polar surface area (TPSA) is 29.5 Å². The number of phenols is 1. The van der Waals surface area contributed by atoms with Gasteiger partial charge in [0.05, 0.1) is 10.6 Å². The summed E-state index contributed by atoms with van der Waals surface area (Å²) in [5.41, 5.74) is -1.22. The van der Waals surface area contributed by atoms with Gasteiger partial charge in [0, 0.05) is 5.39 Å². The Balaban J connectivity index is 2.05. The molecule has 0 fully saturated rings. The molecule has 0 saturated carbocycles. The van der Waals surface area contributed by atoms with Crippen LogP contribution in [0, 0.1) is 5.82 Å². The lowest BCUT2D eigenvalue weighted by molar-refractivity contribution is -0.137. The molecule has 1 N–H and O–H groups in total. The number of halogens is 5. The van der Waals surface area contributed by atoms with Crippen molar-refractivity contribution in [1.29, 1.82) is 0 Å². The summed E-state index contributed by atoms with van der Waals surface area (Å²) in [6.45, 7) is 0. The molecule has 0 saturated heterocycles. The third-order valence-electron chi connectivity index (χ3n) is 3.40. The highest BCUT2D eigenvalue weighted by Crippen LogP contribution is 2.42. The van der Waals surface area contributed by atoms with E-state index in [2.05, 4.69) is 0 Å². The fourth-order valence-electron chi connectivity index (χ4n) is 2.25. The van der Waals surface area contributed by atoms with E-state index in [9.17, 15) is 22.7 Å². The number of hydrogen-bond donors (Lipinski definition) is 1. The molecular formula is C17H9ClF4O2. The third kappa shape index (κ3) is 2.97. The van der Waals surface area contributed by atoms with Gasteiger partial charge in [-0.25, -0.2) is 4.39 Å². The lowest BCUT2D eigenvalue weighted by Gasteiger charge is -2.14. The molecule has 0 aliphatic heterocycles. The molecule has 0 spiro atoms. The minimum atomic E-state index is -4.73. The van der Waals surface area contributed by atoms with Crippen molar-refractivity contribution in [2.24, 2.45) is 0 Å². The Bertz CT molecular complexity index is 899. The number of hydrogen-bond acceptors (Lipinski definition) is 2. The molecule has 0 unspecified atom stereocenters. The zero-order valence-electron chi connectivity index (χ0n) is 11.9. The van der Waals surface area contributed by atoms with Gasteiger partial charge in [0.1, 0.15) is 0 Å². The second-order valence-corrected chi connectivity index (χ2v) is 5.41. The molecule has 0 aliphatic rings. The highest BCUT2D eigenvalue weighted by molar-refractivity contribution is 6.32. The highest BCUT2D eigenvalue weighted by atomic mass is 35.5. The van der Waals surface area contributed by atoms with E-state index in [1.807, 2.05) is 0 Å². The zero-order chi connectivity index (χ0) is 17.5. The molecule has 124 valence electrons. The van der Waals surface area contributed by atoms with Crippen molar-refractivity contribution >= 4 is 22.4 Å². The zero-order valence-corrected chi connectivity index (χ0v) is 12.6. The molecule has 0 bridgehead atoms. The number of aromatic hydroxyl groups is 1. The van der Waals surface area contributed by atoms with Crippen LogP contribution in [-0.4, -0.2) is 5.11 Å². The van der Waals surface area contributed by atoms with Gasteiger partial charge < -0.3 is 9.84 Å². The van der Waals surface area contributed by atoms with Crippen LogP contribution < -0.4 is 4.74 Å². The van der Waals surface area contributed by atoms with Crippen molar-refractivity contribution in [3.63, 3.8) is 0 Å². The first-order chi connectivity index (χ1) is 11.3. The Morgan fingerprint density at radius 1 is 1.00 bits per heavy atom. The van der Waals surface area contributed by atoms with Gasteiger partial charge in [-0.3, -0.25) is 0 Å². The molecule has 0 atom stereocenters. The summed E-state index contributed by atoms with van der Waals surface area (Å²) in [5, 5.41) is 10.8. The van der Waals surface area contributed by atoms with Crippen molar-refractivity contribution in [3.05, 3.63) is 64.9 Å². The third-order valence-corrected chi connectivity index (χ3v) is 3.68. The Labute approximate surface area is 138 Å². The van der Waals surface area contributed by atoms with E-state index >= 15 is 0 Å². The van der Waals surface area contributed by atoms with Crippen LogP contribution in [0.4, 0.5) is 17.6 Å². The number of rotatable bonds is 2. The second kappa shape index (κ2) is 5.87. The summed E-state index contributed by atoms with van der Waals surface area (Å²) >= 11 is 5.71. The largest absolute Gasteiger partial charge is 0.504 e. The van der Waals surface area contributed by atoms with Gasteiger partial charge in [0.15, 0.2) is 23.1 Å². The Kier molecular flexibility index (Phi) is 4.01. The van der Waals surface area contributed by atoms with Crippen LogP contribution in [0.2, 0.25) is 5.02 Å². The fourth-order valence-corrected chi connectivity index (χ4v) is 2.49.